The van der Waals surface area contributed by atoms with Crippen LogP contribution >= 0.6 is 11.6 Å². The van der Waals surface area contributed by atoms with E-state index in [0.717, 1.165) is 37.3 Å². The van der Waals surface area contributed by atoms with Crippen LogP contribution in [-0.2, 0) is 0 Å². The quantitative estimate of drug-likeness (QED) is 0.940. The molecule has 0 bridgehead atoms. The van der Waals surface area contributed by atoms with Crippen LogP contribution in [0, 0.1) is 6.92 Å². The van der Waals surface area contributed by atoms with Crippen molar-refractivity contribution in [3.05, 3.63) is 52.7 Å². The van der Waals surface area contributed by atoms with Gasteiger partial charge in [-0.1, -0.05) is 17.7 Å². The van der Waals surface area contributed by atoms with E-state index in [1.54, 1.807) is 12.3 Å². The summed E-state index contributed by atoms with van der Waals surface area (Å²) in [5.41, 5.74) is 1.56. The van der Waals surface area contributed by atoms with Crippen LogP contribution in [0.15, 0.2) is 36.5 Å². The second-order valence-corrected chi connectivity index (χ2v) is 6.23. The molecule has 6 heteroatoms. The highest BCUT2D eigenvalue weighted by molar-refractivity contribution is 6.33. The Hall–Kier alpha value is -2.14. The van der Waals surface area contributed by atoms with Gasteiger partial charge in [-0.3, -0.25) is 4.79 Å². The molecule has 0 radical (unpaired) electrons. The van der Waals surface area contributed by atoms with Crippen molar-refractivity contribution in [2.24, 2.45) is 0 Å². The van der Waals surface area contributed by atoms with Gasteiger partial charge in [0.25, 0.3) is 5.91 Å². The monoisotopic (exact) mass is 330 g/mol. The molecular weight excluding hydrogens is 312 g/mol. The Morgan fingerprint density at radius 1 is 1.39 bits per heavy atom. The Morgan fingerprint density at radius 3 is 3.00 bits per heavy atom. The fourth-order valence-corrected chi connectivity index (χ4v) is 3.15. The van der Waals surface area contributed by atoms with Gasteiger partial charge in [0.05, 0.1) is 10.6 Å². The number of amides is 1. The SMILES string of the molecule is Cc1ccc(C(=O)NC2CCCN(c3cccnn3)C2)c(Cl)c1. The summed E-state index contributed by atoms with van der Waals surface area (Å²) in [4.78, 5) is 14.6. The van der Waals surface area contributed by atoms with Crippen molar-refractivity contribution in [2.75, 3.05) is 18.0 Å². The van der Waals surface area contributed by atoms with Crippen molar-refractivity contribution in [2.45, 2.75) is 25.8 Å². The van der Waals surface area contributed by atoms with Crippen molar-refractivity contribution in [3.63, 3.8) is 0 Å². The van der Waals surface area contributed by atoms with Crippen LogP contribution in [-0.4, -0.2) is 35.2 Å². The van der Waals surface area contributed by atoms with Gasteiger partial charge in [0.15, 0.2) is 5.82 Å². The fourth-order valence-electron chi connectivity index (χ4n) is 2.83. The summed E-state index contributed by atoms with van der Waals surface area (Å²) < 4.78 is 0. The standard InChI is InChI=1S/C17H19ClN4O/c1-12-6-7-14(15(18)10-12)17(23)20-13-4-3-9-22(11-13)16-5-2-8-19-21-16/h2,5-8,10,13H,3-4,9,11H2,1H3,(H,20,23). The van der Waals surface area contributed by atoms with Crippen molar-refractivity contribution < 1.29 is 4.79 Å². The number of piperidine rings is 1. The number of anilines is 1. The highest BCUT2D eigenvalue weighted by Gasteiger charge is 2.23. The van der Waals surface area contributed by atoms with Crippen molar-refractivity contribution in [3.8, 4) is 0 Å². The average molecular weight is 331 g/mol. The number of benzene rings is 1. The third-order valence-electron chi connectivity index (χ3n) is 4.01. The molecule has 1 aliphatic heterocycles. The van der Waals surface area contributed by atoms with E-state index < -0.39 is 0 Å². The summed E-state index contributed by atoms with van der Waals surface area (Å²) in [6, 6.07) is 9.37. The van der Waals surface area contributed by atoms with Crippen LogP contribution in [0.4, 0.5) is 5.82 Å². The van der Waals surface area contributed by atoms with E-state index in [4.69, 9.17) is 11.6 Å². The van der Waals surface area contributed by atoms with E-state index in [1.165, 1.54) is 0 Å². The van der Waals surface area contributed by atoms with E-state index in [-0.39, 0.29) is 11.9 Å². The van der Waals surface area contributed by atoms with Crippen LogP contribution in [0.3, 0.4) is 0 Å². The maximum Gasteiger partial charge on any atom is 0.253 e. The molecule has 1 atom stereocenters. The summed E-state index contributed by atoms with van der Waals surface area (Å²) in [7, 11) is 0. The topological polar surface area (TPSA) is 58.1 Å². The zero-order valence-corrected chi connectivity index (χ0v) is 13.8. The Labute approximate surface area is 140 Å². The number of aromatic nitrogens is 2. The van der Waals surface area contributed by atoms with Crippen LogP contribution in [0.5, 0.6) is 0 Å². The molecule has 1 fully saturated rings. The van der Waals surface area contributed by atoms with Crippen LogP contribution < -0.4 is 10.2 Å². The first-order valence-electron chi connectivity index (χ1n) is 7.73. The lowest BCUT2D eigenvalue weighted by Crippen LogP contribution is -2.48. The maximum atomic E-state index is 12.4. The first kappa shape index (κ1) is 15.7. The van der Waals surface area contributed by atoms with Crippen LogP contribution in [0.1, 0.15) is 28.8 Å². The van der Waals surface area contributed by atoms with Gasteiger partial charge < -0.3 is 10.2 Å². The first-order chi connectivity index (χ1) is 11.1. The summed E-state index contributed by atoms with van der Waals surface area (Å²) >= 11 is 6.18. The average Bonchev–Trinajstić information content (AvgIpc) is 2.56. The highest BCUT2D eigenvalue weighted by atomic mass is 35.5. The Balaban J connectivity index is 1.66. The molecule has 2 aromatic rings. The van der Waals surface area contributed by atoms with E-state index in [9.17, 15) is 4.79 Å². The van der Waals surface area contributed by atoms with Gasteiger partial charge in [0, 0.05) is 25.3 Å². The number of carbonyl (C=O) groups excluding carboxylic acids is 1. The molecule has 1 unspecified atom stereocenters. The van der Waals surface area contributed by atoms with Crippen molar-refractivity contribution in [1.29, 1.82) is 0 Å². The van der Waals surface area contributed by atoms with Gasteiger partial charge >= 0.3 is 0 Å². The van der Waals surface area contributed by atoms with E-state index >= 15 is 0 Å². The lowest BCUT2D eigenvalue weighted by Gasteiger charge is -2.33. The second kappa shape index (κ2) is 6.96. The predicted octanol–water partition coefficient (Wildman–Crippen LogP) is 2.84. The number of rotatable bonds is 3. The first-order valence-corrected chi connectivity index (χ1v) is 8.11. The Morgan fingerprint density at radius 2 is 2.26 bits per heavy atom. The zero-order valence-electron chi connectivity index (χ0n) is 13.0. The lowest BCUT2D eigenvalue weighted by molar-refractivity contribution is 0.0933. The number of carbonyl (C=O) groups is 1. The molecule has 0 saturated carbocycles. The molecule has 3 rings (SSSR count). The van der Waals surface area contributed by atoms with Gasteiger partial charge in [-0.05, 0) is 49.6 Å². The molecule has 1 saturated heterocycles. The molecule has 23 heavy (non-hydrogen) atoms. The van der Waals surface area contributed by atoms with Gasteiger partial charge in [0.2, 0.25) is 0 Å². The van der Waals surface area contributed by atoms with E-state index in [1.807, 2.05) is 31.2 Å². The molecule has 2 heterocycles. The van der Waals surface area contributed by atoms with Crippen LogP contribution in [0.25, 0.3) is 0 Å². The fraction of sp³-hybridized carbons (Fsp3) is 0.353. The predicted molar refractivity (Wildman–Crippen MR) is 90.9 cm³/mol. The molecule has 1 N–H and O–H groups in total. The number of aryl methyl sites for hydroxylation is 1. The van der Waals surface area contributed by atoms with Gasteiger partial charge in [-0.25, -0.2) is 0 Å². The van der Waals surface area contributed by atoms with Crippen molar-refractivity contribution in [1.82, 2.24) is 15.5 Å². The summed E-state index contributed by atoms with van der Waals surface area (Å²) in [6.45, 7) is 3.61. The van der Waals surface area contributed by atoms with Crippen LogP contribution in [0.2, 0.25) is 5.02 Å². The van der Waals surface area contributed by atoms with E-state index in [2.05, 4.69) is 20.4 Å². The summed E-state index contributed by atoms with van der Waals surface area (Å²) in [5.74, 6) is 0.723. The van der Waals surface area contributed by atoms with Crippen molar-refractivity contribution >= 4 is 23.3 Å². The molecule has 1 amide bonds. The molecular formula is C17H19ClN4O. The molecule has 120 valence electrons. The Bertz CT molecular complexity index is 692. The molecule has 1 aromatic heterocycles. The minimum atomic E-state index is -0.124. The van der Waals surface area contributed by atoms with E-state index in [0.29, 0.717) is 10.6 Å². The lowest BCUT2D eigenvalue weighted by atomic mass is 10.0. The minimum absolute atomic E-state index is 0.0793. The number of nitrogens with one attached hydrogen (secondary N) is 1. The highest BCUT2D eigenvalue weighted by Crippen LogP contribution is 2.20. The number of halogens is 1. The minimum Gasteiger partial charge on any atom is -0.353 e. The number of hydrogen-bond acceptors (Lipinski definition) is 4. The molecule has 1 aliphatic rings. The normalized spacial score (nSPS) is 17.8. The second-order valence-electron chi connectivity index (χ2n) is 5.82. The zero-order chi connectivity index (χ0) is 16.2. The largest absolute Gasteiger partial charge is 0.353 e. The van der Waals surface area contributed by atoms with Gasteiger partial charge in [-0.2, -0.15) is 5.10 Å². The maximum absolute atomic E-state index is 12.4. The molecule has 5 nitrogen and oxygen atoms in total. The van der Waals surface area contributed by atoms with Gasteiger partial charge in [-0.15, -0.1) is 5.10 Å². The third-order valence-corrected chi connectivity index (χ3v) is 4.32. The Kier molecular flexibility index (Phi) is 4.76. The molecule has 0 aliphatic carbocycles. The summed E-state index contributed by atoms with van der Waals surface area (Å²) in [6.07, 6.45) is 3.61. The van der Waals surface area contributed by atoms with Gasteiger partial charge in [0.1, 0.15) is 0 Å². The molecule has 0 spiro atoms. The molecule has 1 aromatic carbocycles. The third kappa shape index (κ3) is 3.79. The summed E-state index contributed by atoms with van der Waals surface area (Å²) in [5, 5.41) is 11.6. The number of nitrogens with zero attached hydrogens (tertiary/aromatic N) is 3. The smallest absolute Gasteiger partial charge is 0.253 e. The number of hydrogen-bond donors (Lipinski definition) is 1.